The normalized spacial score (nSPS) is 15.7. The molecule has 0 radical (unpaired) electrons. The van der Waals surface area contributed by atoms with Crippen molar-refractivity contribution in [1.29, 1.82) is 0 Å². The topological polar surface area (TPSA) is 63.4 Å². The lowest BCUT2D eigenvalue weighted by Gasteiger charge is -2.37. The monoisotopic (exact) mass is 496 g/mol. The molecular weight excluding hydrogens is 468 g/mol. The van der Waals surface area contributed by atoms with Gasteiger partial charge in [0.25, 0.3) is 5.89 Å². The van der Waals surface area contributed by atoms with Gasteiger partial charge in [-0.15, -0.1) is 0 Å². The minimum absolute atomic E-state index is 0.224. The molecule has 0 fully saturated rings. The fourth-order valence-corrected chi connectivity index (χ4v) is 4.84. The van der Waals surface area contributed by atoms with Crippen molar-refractivity contribution in [1.82, 2.24) is 20.4 Å². The van der Waals surface area contributed by atoms with E-state index < -0.39 is 0 Å². The molecule has 3 aromatic carbocycles. The van der Waals surface area contributed by atoms with E-state index in [1.54, 1.807) is 7.11 Å². The Hall–Kier alpha value is -3.97. The second kappa shape index (κ2) is 10.7. The van der Waals surface area contributed by atoms with Gasteiger partial charge in [-0.05, 0) is 55.2 Å². The van der Waals surface area contributed by atoms with Gasteiger partial charge in [0, 0.05) is 17.8 Å². The molecule has 1 atom stereocenters. The number of aromatic nitrogens is 2. The first-order valence-electron chi connectivity index (χ1n) is 12.0. The number of aryl methyl sites for hydroxylation is 1. The van der Waals surface area contributed by atoms with Crippen molar-refractivity contribution in [3.63, 3.8) is 0 Å². The summed E-state index contributed by atoms with van der Waals surface area (Å²) in [5.74, 6) is 1.84. The first kappa shape index (κ1) is 23.8. The summed E-state index contributed by atoms with van der Waals surface area (Å²) < 4.78 is 11.2. The van der Waals surface area contributed by atoms with Gasteiger partial charge in [0.2, 0.25) is 5.82 Å². The average Bonchev–Trinajstić information content (AvgIpc) is 3.41. The van der Waals surface area contributed by atoms with E-state index in [0.29, 0.717) is 16.8 Å². The maximum absolute atomic E-state index is 5.83. The van der Waals surface area contributed by atoms with E-state index in [-0.39, 0.29) is 6.04 Å². The molecule has 2 heterocycles. The molecule has 4 aromatic rings. The van der Waals surface area contributed by atoms with Crippen LogP contribution in [-0.2, 0) is 6.42 Å². The number of nitrogens with zero attached hydrogens (tertiary/aromatic N) is 3. The summed E-state index contributed by atoms with van der Waals surface area (Å²) in [6.45, 7) is 2.86. The standard InChI is InChI=1S/C29H28N4O2S/c1-20-25(28-31-27(32-35-28)23-13-7-4-8-14-23)26(22-15-17-24(34-2)18-16-22)30-29(36)33(20)19-9-12-21-10-5-3-6-11-21/h3-8,10-11,13-18,26H,9,12,19H2,1-2H3,(H,30,36). The molecule has 182 valence electrons. The fraction of sp³-hybridized carbons (Fsp3) is 0.207. The van der Waals surface area contributed by atoms with Crippen molar-refractivity contribution in [3.05, 3.63) is 108 Å². The van der Waals surface area contributed by atoms with Crippen LogP contribution in [0.15, 0.2) is 95.1 Å². The molecule has 5 rings (SSSR count). The van der Waals surface area contributed by atoms with Gasteiger partial charge in [-0.25, -0.2) is 0 Å². The van der Waals surface area contributed by atoms with Crippen molar-refractivity contribution in [2.45, 2.75) is 25.8 Å². The Kier molecular flexibility index (Phi) is 7.09. The van der Waals surface area contributed by atoms with Crippen LogP contribution in [0, 0.1) is 0 Å². The first-order chi connectivity index (χ1) is 17.6. The Morgan fingerprint density at radius 3 is 2.36 bits per heavy atom. The van der Waals surface area contributed by atoms with E-state index in [1.807, 2.05) is 60.7 Å². The molecule has 7 heteroatoms. The number of hydrogen-bond acceptors (Lipinski definition) is 5. The van der Waals surface area contributed by atoms with Crippen LogP contribution in [0.3, 0.4) is 0 Å². The van der Waals surface area contributed by atoms with Crippen molar-refractivity contribution in [3.8, 4) is 17.1 Å². The number of nitrogens with one attached hydrogen (secondary N) is 1. The van der Waals surface area contributed by atoms with Crippen molar-refractivity contribution in [2.24, 2.45) is 0 Å². The van der Waals surface area contributed by atoms with Crippen LogP contribution in [0.2, 0.25) is 0 Å². The number of benzene rings is 3. The summed E-state index contributed by atoms with van der Waals surface area (Å²) in [7, 11) is 1.66. The minimum atomic E-state index is -0.224. The predicted molar refractivity (Wildman–Crippen MR) is 145 cm³/mol. The van der Waals surface area contributed by atoms with Crippen molar-refractivity contribution < 1.29 is 9.26 Å². The van der Waals surface area contributed by atoms with E-state index in [9.17, 15) is 0 Å². The summed E-state index contributed by atoms with van der Waals surface area (Å²) in [4.78, 5) is 6.92. The Labute approximate surface area is 216 Å². The lowest BCUT2D eigenvalue weighted by atomic mass is 9.94. The molecule has 1 aromatic heterocycles. The number of allylic oxidation sites excluding steroid dienone is 1. The van der Waals surface area contributed by atoms with Gasteiger partial charge in [-0.3, -0.25) is 0 Å². The average molecular weight is 497 g/mol. The largest absolute Gasteiger partial charge is 0.497 e. The zero-order valence-corrected chi connectivity index (χ0v) is 21.2. The Balaban J connectivity index is 1.49. The summed E-state index contributed by atoms with van der Waals surface area (Å²) in [6.07, 6.45) is 1.94. The molecule has 0 aliphatic carbocycles. The molecule has 1 aliphatic heterocycles. The van der Waals surface area contributed by atoms with Gasteiger partial charge in [0.1, 0.15) is 5.75 Å². The fourth-order valence-electron chi connectivity index (χ4n) is 4.50. The third-order valence-corrected chi connectivity index (χ3v) is 6.76. The SMILES string of the molecule is COc1ccc(C2NC(=S)N(CCCc3ccccc3)C(C)=C2c2nc(-c3ccccc3)no2)cc1. The molecule has 36 heavy (non-hydrogen) atoms. The smallest absolute Gasteiger partial charge is 0.258 e. The molecule has 1 N–H and O–H groups in total. The highest BCUT2D eigenvalue weighted by molar-refractivity contribution is 7.80. The van der Waals surface area contributed by atoms with Gasteiger partial charge in [0.15, 0.2) is 5.11 Å². The molecule has 0 saturated heterocycles. The van der Waals surface area contributed by atoms with E-state index in [4.69, 9.17) is 26.5 Å². The van der Waals surface area contributed by atoms with Crippen molar-refractivity contribution >= 4 is 22.9 Å². The first-order valence-corrected chi connectivity index (χ1v) is 12.4. The van der Waals surface area contributed by atoms with Gasteiger partial charge in [0.05, 0.1) is 18.7 Å². The van der Waals surface area contributed by atoms with Gasteiger partial charge >= 0.3 is 0 Å². The molecular formula is C29H28N4O2S. The molecule has 1 aliphatic rings. The third kappa shape index (κ3) is 5.02. The zero-order valence-electron chi connectivity index (χ0n) is 20.3. The number of thiocarbonyl (C=S) groups is 1. The van der Waals surface area contributed by atoms with Gasteiger partial charge in [-0.2, -0.15) is 4.98 Å². The summed E-state index contributed by atoms with van der Waals surface area (Å²) in [5, 5.41) is 8.49. The number of ether oxygens (including phenoxy) is 1. The van der Waals surface area contributed by atoms with E-state index in [2.05, 4.69) is 46.6 Å². The minimum Gasteiger partial charge on any atom is -0.497 e. The van der Waals surface area contributed by atoms with Crippen LogP contribution in [0.25, 0.3) is 17.0 Å². The summed E-state index contributed by atoms with van der Waals surface area (Å²) in [6, 6.07) is 28.1. The maximum Gasteiger partial charge on any atom is 0.258 e. The van der Waals surface area contributed by atoms with Crippen LogP contribution in [0.1, 0.15) is 36.4 Å². The highest BCUT2D eigenvalue weighted by Crippen LogP contribution is 2.38. The molecule has 0 saturated carbocycles. The number of rotatable bonds is 8. The second-order valence-corrected chi connectivity index (χ2v) is 9.07. The zero-order chi connectivity index (χ0) is 24.9. The van der Waals surface area contributed by atoms with Crippen LogP contribution in [0.5, 0.6) is 5.75 Å². The Morgan fingerprint density at radius 1 is 0.972 bits per heavy atom. The molecule has 0 bridgehead atoms. The Morgan fingerprint density at radius 2 is 1.67 bits per heavy atom. The maximum atomic E-state index is 5.83. The van der Waals surface area contributed by atoms with E-state index in [1.165, 1.54) is 5.56 Å². The summed E-state index contributed by atoms with van der Waals surface area (Å²) in [5.41, 5.74) is 5.19. The van der Waals surface area contributed by atoms with Gasteiger partial charge < -0.3 is 19.5 Å². The highest BCUT2D eigenvalue weighted by Gasteiger charge is 2.34. The second-order valence-electron chi connectivity index (χ2n) is 8.68. The van der Waals surface area contributed by atoms with Gasteiger partial charge in [-0.1, -0.05) is 78.0 Å². The quantitative estimate of drug-likeness (QED) is 0.298. The number of methoxy groups -OCH3 is 1. The molecule has 0 spiro atoms. The Bertz CT molecular complexity index is 1350. The molecule has 0 amide bonds. The van der Waals surface area contributed by atoms with E-state index in [0.717, 1.165) is 47.5 Å². The van der Waals surface area contributed by atoms with Crippen LogP contribution < -0.4 is 10.1 Å². The third-order valence-electron chi connectivity index (χ3n) is 6.42. The van der Waals surface area contributed by atoms with Crippen LogP contribution >= 0.6 is 12.2 Å². The lowest BCUT2D eigenvalue weighted by Crippen LogP contribution is -2.46. The predicted octanol–water partition coefficient (Wildman–Crippen LogP) is 6.04. The lowest BCUT2D eigenvalue weighted by molar-refractivity contribution is 0.395. The molecule has 1 unspecified atom stereocenters. The van der Waals surface area contributed by atoms with E-state index >= 15 is 0 Å². The summed E-state index contributed by atoms with van der Waals surface area (Å²) >= 11 is 5.83. The highest BCUT2D eigenvalue weighted by atomic mass is 32.1. The van der Waals surface area contributed by atoms with Crippen LogP contribution in [0.4, 0.5) is 0 Å². The van der Waals surface area contributed by atoms with Crippen LogP contribution in [-0.4, -0.2) is 33.8 Å². The number of hydrogen-bond donors (Lipinski definition) is 1. The van der Waals surface area contributed by atoms with Crippen molar-refractivity contribution in [2.75, 3.05) is 13.7 Å². The molecule has 6 nitrogen and oxygen atoms in total.